The second kappa shape index (κ2) is 7.58. The third-order valence-electron chi connectivity index (χ3n) is 2.63. The number of hydrogen-bond donors (Lipinski definition) is 1. The fourth-order valence-electron chi connectivity index (χ4n) is 1.78. The average molecular weight is 251 g/mol. The van der Waals surface area contributed by atoms with Gasteiger partial charge >= 0.3 is 5.97 Å². The summed E-state index contributed by atoms with van der Waals surface area (Å²) >= 11 is 0. The van der Waals surface area contributed by atoms with E-state index in [4.69, 9.17) is 15.2 Å². The Kier molecular flexibility index (Phi) is 6.05. The van der Waals surface area contributed by atoms with Crippen molar-refractivity contribution in [1.29, 1.82) is 0 Å². The predicted octanol–water partition coefficient (Wildman–Crippen LogP) is 2.55. The second-order valence-electron chi connectivity index (χ2n) is 4.13. The van der Waals surface area contributed by atoms with Crippen molar-refractivity contribution in [3.05, 3.63) is 23.8 Å². The number of unbranched alkanes of at least 4 members (excludes halogenated alkanes) is 1. The Morgan fingerprint density at radius 3 is 2.72 bits per heavy atom. The van der Waals surface area contributed by atoms with Gasteiger partial charge in [-0.05, 0) is 43.9 Å². The molecule has 0 aliphatic rings. The van der Waals surface area contributed by atoms with Gasteiger partial charge in [0.2, 0.25) is 0 Å². The van der Waals surface area contributed by atoms with Gasteiger partial charge in [-0.1, -0.05) is 0 Å². The van der Waals surface area contributed by atoms with Crippen LogP contribution in [0, 0.1) is 0 Å². The molecule has 0 radical (unpaired) electrons. The van der Waals surface area contributed by atoms with Gasteiger partial charge in [-0.2, -0.15) is 0 Å². The maximum absolute atomic E-state index is 11.1. The highest BCUT2D eigenvalue weighted by molar-refractivity contribution is 5.69. The minimum atomic E-state index is -0.123. The van der Waals surface area contributed by atoms with Crippen LogP contribution in [0.3, 0.4) is 0 Å². The molecule has 0 unspecified atom stereocenters. The number of hydrogen-bond acceptors (Lipinski definition) is 4. The predicted molar refractivity (Wildman–Crippen MR) is 71.6 cm³/mol. The van der Waals surface area contributed by atoms with E-state index < -0.39 is 0 Å². The van der Waals surface area contributed by atoms with E-state index in [0.29, 0.717) is 18.7 Å². The molecular weight excluding hydrogens is 230 g/mol. The molecule has 0 atom stereocenters. The van der Waals surface area contributed by atoms with Crippen molar-refractivity contribution in [1.82, 2.24) is 0 Å². The number of ether oxygens (including phenoxy) is 2. The van der Waals surface area contributed by atoms with Crippen molar-refractivity contribution in [2.75, 3.05) is 19.5 Å². The van der Waals surface area contributed by atoms with Crippen LogP contribution in [0.2, 0.25) is 0 Å². The van der Waals surface area contributed by atoms with Gasteiger partial charge in [0.1, 0.15) is 5.75 Å². The highest BCUT2D eigenvalue weighted by Gasteiger charge is 2.03. The molecule has 1 rings (SSSR count). The van der Waals surface area contributed by atoms with Gasteiger partial charge in [0.05, 0.1) is 13.7 Å². The summed E-state index contributed by atoms with van der Waals surface area (Å²) in [4.78, 5) is 11.1. The van der Waals surface area contributed by atoms with Crippen molar-refractivity contribution in [3.8, 4) is 5.75 Å². The van der Waals surface area contributed by atoms with E-state index in [2.05, 4.69) is 0 Å². The lowest BCUT2D eigenvalue weighted by atomic mass is 10.1. The number of anilines is 1. The number of rotatable bonds is 7. The summed E-state index contributed by atoms with van der Waals surface area (Å²) in [5, 5.41) is 0. The molecule has 0 bridgehead atoms. The third kappa shape index (κ3) is 5.08. The monoisotopic (exact) mass is 251 g/mol. The molecule has 0 amide bonds. The van der Waals surface area contributed by atoms with Gasteiger partial charge in [-0.15, -0.1) is 0 Å². The number of esters is 1. The van der Waals surface area contributed by atoms with Gasteiger partial charge in [-0.3, -0.25) is 4.79 Å². The minimum Gasteiger partial charge on any atom is -0.497 e. The second-order valence-corrected chi connectivity index (χ2v) is 4.13. The van der Waals surface area contributed by atoms with Gasteiger partial charge in [-0.25, -0.2) is 0 Å². The van der Waals surface area contributed by atoms with Crippen LogP contribution in [0.1, 0.15) is 31.7 Å². The summed E-state index contributed by atoms with van der Waals surface area (Å²) < 4.78 is 10.0. The zero-order valence-electron chi connectivity index (χ0n) is 11.1. The highest BCUT2D eigenvalue weighted by atomic mass is 16.5. The molecule has 2 N–H and O–H groups in total. The summed E-state index contributed by atoms with van der Waals surface area (Å²) in [6, 6.07) is 5.70. The topological polar surface area (TPSA) is 61.5 Å². The maximum Gasteiger partial charge on any atom is 0.305 e. The lowest BCUT2D eigenvalue weighted by molar-refractivity contribution is -0.143. The first-order valence-electron chi connectivity index (χ1n) is 6.24. The third-order valence-corrected chi connectivity index (χ3v) is 2.63. The summed E-state index contributed by atoms with van der Waals surface area (Å²) in [6.07, 6.45) is 3.13. The molecule has 18 heavy (non-hydrogen) atoms. The molecule has 0 heterocycles. The Hall–Kier alpha value is -1.71. The van der Waals surface area contributed by atoms with Crippen LogP contribution in [0.25, 0.3) is 0 Å². The van der Waals surface area contributed by atoms with Gasteiger partial charge < -0.3 is 15.2 Å². The van der Waals surface area contributed by atoms with Gasteiger partial charge in [0, 0.05) is 18.2 Å². The van der Waals surface area contributed by atoms with E-state index in [0.717, 1.165) is 30.6 Å². The first kappa shape index (κ1) is 14.4. The van der Waals surface area contributed by atoms with Crippen molar-refractivity contribution in [2.24, 2.45) is 0 Å². The van der Waals surface area contributed by atoms with E-state index in [-0.39, 0.29) is 5.97 Å². The molecule has 1 aromatic rings. The van der Waals surface area contributed by atoms with E-state index in [1.807, 2.05) is 19.1 Å². The average Bonchev–Trinajstić information content (AvgIpc) is 2.34. The quantitative estimate of drug-likeness (QED) is 0.459. The largest absolute Gasteiger partial charge is 0.497 e. The SMILES string of the molecule is CCOC(=O)CCCCc1cc(N)cc(OC)c1. The van der Waals surface area contributed by atoms with Crippen LogP contribution in [0.5, 0.6) is 5.75 Å². The van der Waals surface area contributed by atoms with Crippen LogP contribution < -0.4 is 10.5 Å². The van der Waals surface area contributed by atoms with Crippen LogP contribution in [-0.4, -0.2) is 19.7 Å². The Labute approximate surface area is 108 Å². The molecule has 0 saturated heterocycles. The maximum atomic E-state index is 11.1. The fourth-order valence-corrected chi connectivity index (χ4v) is 1.78. The van der Waals surface area contributed by atoms with Crippen LogP contribution >= 0.6 is 0 Å². The summed E-state index contributed by atoms with van der Waals surface area (Å²) in [5.74, 6) is 0.651. The first-order valence-corrected chi connectivity index (χ1v) is 6.24. The molecule has 4 heteroatoms. The summed E-state index contributed by atoms with van der Waals surface area (Å²) in [7, 11) is 1.62. The lowest BCUT2D eigenvalue weighted by Gasteiger charge is -2.06. The molecule has 4 nitrogen and oxygen atoms in total. The fraction of sp³-hybridized carbons (Fsp3) is 0.500. The number of carbonyl (C=O) groups is 1. The van der Waals surface area contributed by atoms with E-state index in [1.165, 1.54) is 0 Å². The number of benzene rings is 1. The van der Waals surface area contributed by atoms with Crippen LogP contribution in [-0.2, 0) is 16.0 Å². The zero-order valence-corrected chi connectivity index (χ0v) is 11.1. The van der Waals surface area contributed by atoms with Crippen LogP contribution in [0.15, 0.2) is 18.2 Å². The zero-order chi connectivity index (χ0) is 13.4. The molecule has 0 aromatic heterocycles. The first-order chi connectivity index (χ1) is 8.65. The Bertz CT molecular complexity index is 391. The molecule has 100 valence electrons. The molecular formula is C14H21NO3. The van der Waals surface area contributed by atoms with Crippen molar-refractivity contribution >= 4 is 11.7 Å². The van der Waals surface area contributed by atoms with E-state index in [1.54, 1.807) is 13.2 Å². The Morgan fingerprint density at radius 2 is 2.06 bits per heavy atom. The van der Waals surface area contributed by atoms with Crippen molar-refractivity contribution in [2.45, 2.75) is 32.6 Å². The number of nitrogen functional groups attached to an aromatic ring is 1. The van der Waals surface area contributed by atoms with E-state index >= 15 is 0 Å². The number of aryl methyl sites for hydroxylation is 1. The molecule has 0 aliphatic heterocycles. The van der Waals surface area contributed by atoms with E-state index in [9.17, 15) is 4.79 Å². The van der Waals surface area contributed by atoms with Gasteiger partial charge in [0.25, 0.3) is 0 Å². The molecule has 0 spiro atoms. The standard InChI is InChI=1S/C14H21NO3/c1-3-18-14(16)7-5-4-6-11-8-12(15)10-13(9-11)17-2/h8-10H,3-7,15H2,1-2H3. The number of nitrogens with two attached hydrogens (primary N) is 1. The molecule has 0 saturated carbocycles. The van der Waals surface area contributed by atoms with Crippen LogP contribution in [0.4, 0.5) is 5.69 Å². The van der Waals surface area contributed by atoms with Crippen molar-refractivity contribution in [3.63, 3.8) is 0 Å². The van der Waals surface area contributed by atoms with Gasteiger partial charge in [0.15, 0.2) is 0 Å². The minimum absolute atomic E-state index is 0.123. The molecule has 0 fully saturated rings. The lowest BCUT2D eigenvalue weighted by Crippen LogP contribution is -2.03. The summed E-state index contributed by atoms with van der Waals surface area (Å²) in [5.41, 5.74) is 7.61. The normalized spacial score (nSPS) is 10.1. The summed E-state index contributed by atoms with van der Waals surface area (Å²) in [6.45, 7) is 2.27. The molecule has 0 aliphatic carbocycles. The molecule has 1 aromatic carbocycles. The number of methoxy groups -OCH3 is 1. The smallest absolute Gasteiger partial charge is 0.305 e. The Balaban J connectivity index is 2.35. The number of carbonyl (C=O) groups excluding carboxylic acids is 1. The Morgan fingerprint density at radius 1 is 1.28 bits per heavy atom. The van der Waals surface area contributed by atoms with Crippen molar-refractivity contribution < 1.29 is 14.3 Å². The highest BCUT2D eigenvalue weighted by Crippen LogP contribution is 2.20.